The predicted molar refractivity (Wildman–Crippen MR) is 63.1 cm³/mol. The summed E-state index contributed by atoms with van der Waals surface area (Å²) in [4.78, 5) is 13.7. The number of carbonyl (C=O) groups excluding carboxylic acids is 1. The van der Waals surface area contributed by atoms with E-state index in [1.807, 2.05) is 20.8 Å². The summed E-state index contributed by atoms with van der Waals surface area (Å²) in [5, 5.41) is 2.50. The van der Waals surface area contributed by atoms with Crippen LogP contribution in [-0.2, 0) is 4.79 Å². The molecule has 0 bridgehead atoms. The van der Waals surface area contributed by atoms with Crippen LogP contribution < -0.4 is 5.32 Å². The molecule has 1 heterocycles. The standard InChI is InChI=1S/C12H21F3N2O/c1-11(2,3)10(18)17-6-4-9(5-7-17)16-8-12(13,14)15/h9,16H,4-8H2,1-3H3. The topological polar surface area (TPSA) is 32.3 Å². The molecule has 0 unspecified atom stereocenters. The number of hydrogen-bond acceptors (Lipinski definition) is 2. The minimum absolute atomic E-state index is 0.0665. The smallest absolute Gasteiger partial charge is 0.342 e. The van der Waals surface area contributed by atoms with Crippen LogP contribution in [0.2, 0.25) is 0 Å². The molecule has 1 saturated heterocycles. The average Bonchev–Trinajstić information content (AvgIpc) is 2.24. The molecule has 1 aliphatic rings. The summed E-state index contributed by atoms with van der Waals surface area (Å²) in [5.41, 5.74) is -0.424. The van der Waals surface area contributed by atoms with Gasteiger partial charge in [-0.3, -0.25) is 4.79 Å². The highest BCUT2D eigenvalue weighted by Gasteiger charge is 2.32. The van der Waals surface area contributed by atoms with Crippen molar-refractivity contribution in [2.75, 3.05) is 19.6 Å². The Hall–Kier alpha value is -0.780. The fourth-order valence-electron chi connectivity index (χ4n) is 2.02. The van der Waals surface area contributed by atoms with E-state index in [1.165, 1.54) is 0 Å². The summed E-state index contributed by atoms with van der Waals surface area (Å²) in [6.07, 6.45) is -3.01. The molecule has 1 N–H and O–H groups in total. The van der Waals surface area contributed by atoms with Gasteiger partial charge in [-0.25, -0.2) is 0 Å². The van der Waals surface area contributed by atoms with Crippen LogP contribution in [-0.4, -0.2) is 42.7 Å². The molecule has 1 amide bonds. The summed E-state index contributed by atoms with van der Waals surface area (Å²) < 4.78 is 36.1. The summed E-state index contributed by atoms with van der Waals surface area (Å²) in [5.74, 6) is 0.0665. The number of rotatable bonds is 2. The first-order valence-electron chi connectivity index (χ1n) is 6.19. The molecule has 18 heavy (non-hydrogen) atoms. The lowest BCUT2D eigenvalue weighted by atomic mass is 9.93. The number of hydrogen-bond donors (Lipinski definition) is 1. The van der Waals surface area contributed by atoms with Crippen molar-refractivity contribution in [1.29, 1.82) is 0 Å². The first-order valence-corrected chi connectivity index (χ1v) is 6.19. The maximum atomic E-state index is 12.0. The Morgan fingerprint density at radius 1 is 1.22 bits per heavy atom. The Kier molecular flexibility index (Phi) is 4.64. The van der Waals surface area contributed by atoms with Crippen molar-refractivity contribution < 1.29 is 18.0 Å². The molecule has 3 nitrogen and oxygen atoms in total. The molecule has 1 fully saturated rings. The Morgan fingerprint density at radius 2 is 1.72 bits per heavy atom. The van der Waals surface area contributed by atoms with Gasteiger partial charge in [-0.2, -0.15) is 13.2 Å². The van der Waals surface area contributed by atoms with Gasteiger partial charge in [-0.15, -0.1) is 0 Å². The maximum absolute atomic E-state index is 12.0. The highest BCUT2D eigenvalue weighted by molar-refractivity contribution is 5.81. The number of carbonyl (C=O) groups is 1. The number of nitrogens with one attached hydrogen (secondary N) is 1. The van der Waals surface area contributed by atoms with Gasteiger partial charge in [0.1, 0.15) is 0 Å². The Labute approximate surface area is 106 Å². The van der Waals surface area contributed by atoms with E-state index in [0.29, 0.717) is 25.9 Å². The van der Waals surface area contributed by atoms with Crippen LogP contribution in [0.1, 0.15) is 33.6 Å². The number of piperidine rings is 1. The average molecular weight is 266 g/mol. The van der Waals surface area contributed by atoms with Gasteiger partial charge in [0.2, 0.25) is 5.91 Å². The molecule has 0 aromatic heterocycles. The van der Waals surface area contributed by atoms with Crippen molar-refractivity contribution in [3.63, 3.8) is 0 Å². The highest BCUT2D eigenvalue weighted by Crippen LogP contribution is 2.21. The lowest BCUT2D eigenvalue weighted by Crippen LogP contribution is -2.49. The molecule has 0 saturated carbocycles. The van der Waals surface area contributed by atoms with E-state index >= 15 is 0 Å². The normalized spacial score (nSPS) is 19.1. The fourth-order valence-corrected chi connectivity index (χ4v) is 2.02. The van der Waals surface area contributed by atoms with E-state index in [-0.39, 0.29) is 11.9 Å². The van der Waals surface area contributed by atoms with Crippen molar-refractivity contribution in [3.8, 4) is 0 Å². The number of likely N-dealkylation sites (tertiary alicyclic amines) is 1. The predicted octanol–water partition coefficient (Wildman–Crippen LogP) is 2.18. The Balaban J connectivity index is 2.35. The minimum atomic E-state index is -4.17. The molecule has 6 heteroatoms. The van der Waals surface area contributed by atoms with E-state index in [1.54, 1.807) is 4.90 Å². The molecule has 0 aromatic rings. The second kappa shape index (κ2) is 5.47. The zero-order valence-corrected chi connectivity index (χ0v) is 11.1. The molecule has 106 valence electrons. The van der Waals surface area contributed by atoms with Crippen LogP contribution in [0.5, 0.6) is 0 Å². The highest BCUT2D eigenvalue weighted by atomic mass is 19.4. The van der Waals surface area contributed by atoms with Gasteiger partial charge in [0.05, 0.1) is 6.54 Å². The van der Waals surface area contributed by atoms with Crippen LogP contribution in [0.15, 0.2) is 0 Å². The van der Waals surface area contributed by atoms with Crippen LogP contribution >= 0.6 is 0 Å². The van der Waals surface area contributed by atoms with Crippen LogP contribution in [0.4, 0.5) is 13.2 Å². The largest absolute Gasteiger partial charge is 0.401 e. The molecule has 0 aliphatic carbocycles. The molecular weight excluding hydrogens is 245 g/mol. The fraction of sp³-hybridized carbons (Fsp3) is 0.917. The molecule has 0 spiro atoms. The number of amides is 1. The van der Waals surface area contributed by atoms with Crippen molar-refractivity contribution in [2.24, 2.45) is 5.41 Å². The van der Waals surface area contributed by atoms with E-state index < -0.39 is 18.1 Å². The van der Waals surface area contributed by atoms with Crippen molar-refractivity contribution in [2.45, 2.75) is 45.8 Å². The van der Waals surface area contributed by atoms with Crippen LogP contribution in [0.25, 0.3) is 0 Å². The van der Waals surface area contributed by atoms with Gasteiger partial charge < -0.3 is 10.2 Å². The molecular formula is C12H21F3N2O. The van der Waals surface area contributed by atoms with Gasteiger partial charge in [0.15, 0.2) is 0 Å². The van der Waals surface area contributed by atoms with Gasteiger partial charge in [0.25, 0.3) is 0 Å². The minimum Gasteiger partial charge on any atom is -0.342 e. The number of nitrogens with zero attached hydrogens (tertiary/aromatic N) is 1. The van der Waals surface area contributed by atoms with Crippen LogP contribution in [0.3, 0.4) is 0 Å². The summed E-state index contributed by atoms with van der Waals surface area (Å²) in [6.45, 7) is 5.66. The van der Waals surface area contributed by atoms with E-state index in [0.717, 1.165) is 0 Å². The summed E-state index contributed by atoms with van der Waals surface area (Å²) in [7, 11) is 0. The number of alkyl halides is 3. The molecule has 0 aromatic carbocycles. The lowest BCUT2D eigenvalue weighted by Gasteiger charge is -2.36. The summed E-state index contributed by atoms with van der Waals surface area (Å²) in [6, 6.07) is -0.143. The molecule has 0 atom stereocenters. The quantitative estimate of drug-likeness (QED) is 0.831. The third kappa shape index (κ3) is 4.84. The summed E-state index contributed by atoms with van der Waals surface area (Å²) >= 11 is 0. The van der Waals surface area contributed by atoms with Crippen molar-refractivity contribution in [3.05, 3.63) is 0 Å². The van der Waals surface area contributed by atoms with Crippen molar-refractivity contribution in [1.82, 2.24) is 10.2 Å². The van der Waals surface area contributed by atoms with Gasteiger partial charge in [-0.05, 0) is 12.8 Å². The molecule has 1 aliphatic heterocycles. The SMILES string of the molecule is CC(C)(C)C(=O)N1CCC(NCC(F)(F)F)CC1. The lowest BCUT2D eigenvalue weighted by molar-refractivity contribution is -0.141. The molecule has 0 radical (unpaired) electrons. The van der Waals surface area contributed by atoms with Crippen LogP contribution in [0, 0.1) is 5.41 Å². The van der Waals surface area contributed by atoms with Crippen molar-refractivity contribution >= 4 is 5.91 Å². The zero-order chi connectivity index (χ0) is 14.0. The third-order valence-electron chi connectivity index (χ3n) is 3.01. The maximum Gasteiger partial charge on any atom is 0.401 e. The Morgan fingerprint density at radius 3 is 2.11 bits per heavy atom. The number of halogens is 3. The second-order valence-corrected chi connectivity index (χ2v) is 5.81. The van der Waals surface area contributed by atoms with E-state index in [9.17, 15) is 18.0 Å². The van der Waals surface area contributed by atoms with Gasteiger partial charge >= 0.3 is 6.18 Å². The molecule has 1 rings (SSSR count). The first kappa shape index (κ1) is 15.3. The van der Waals surface area contributed by atoms with E-state index in [4.69, 9.17) is 0 Å². The first-order chi connectivity index (χ1) is 8.09. The Bertz CT molecular complexity index is 289. The van der Waals surface area contributed by atoms with Gasteiger partial charge in [0, 0.05) is 24.5 Å². The third-order valence-corrected chi connectivity index (χ3v) is 3.01. The zero-order valence-electron chi connectivity index (χ0n) is 11.1. The van der Waals surface area contributed by atoms with E-state index in [2.05, 4.69) is 5.32 Å². The monoisotopic (exact) mass is 266 g/mol. The van der Waals surface area contributed by atoms with Gasteiger partial charge in [-0.1, -0.05) is 20.8 Å². The second-order valence-electron chi connectivity index (χ2n) is 5.81.